The van der Waals surface area contributed by atoms with Crippen LogP contribution in [-0.4, -0.2) is 57.6 Å². The number of ether oxygens (including phenoxy) is 2. The quantitative estimate of drug-likeness (QED) is 0.803. The monoisotopic (exact) mass is 373 g/mol. The molecule has 0 aromatic heterocycles. The van der Waals surface area contributed by atoms with E-state index in [0.717, 1.165) is 12.8 Å². The third kappa shape index (κ3) is 4.08. The van der Waals surface area contributed by atoms with Crippen molar-refractivity contribution < 1.29 is 22.7 Å². The number of amides is 1. The fourth-order valence-corrected chi connectivity index (χ4v) is 4.44. The molecule has 2 aliphatic heterocycles. The van der Waals surface area contributed by atoms with E-state index in [1.54, 1.807) is 4.90 Å². The summed E-state index contributed by atoms with van der Waals surface area (Å²) in [6, 6.07) is 5.85. The first kappa shape index (κ1) is 17.7. The molecule has 1 unspecified atom stereocenters. The Kier molecular flexibility index (Phi) is 5.44. The number of sulfone groups is 1. The Hall–Kier alpha value is -1.15. The SMILES string of the molecule is O=C(CS(=O)(=O)c1ccc(Cl)cc1)N1CCCC(C2OCCO2)C1. The van der Waals surface area contributed by atoms with Gasteiger partial charge in [0.25, 0.3) is 0 Å². The molecule has 24 heavy (non-hydrogen) atoms. The predicted molar refractivity (Wildman–Crippen MR) is 88.5 cm³/mol. The van der Waals surface area contributed by atoms with E-state index in [0.29, 0.717) is 31.3 Å². The molecule has 1 aromatic rings. The number of piperidine rings is 1. The molecule has 0 saturated carbocycles. The van der Waals surface area contributed by atoms with Crippen LogP contribution >= 0.6 is 11.6 Å². The summed E-state index contributed by atoms with van der Waals surface area (Å²) in [5, 5.41) is 0.454. The third-order valence-corrected chi connectivity index (χ3v) is 6.20. The fraction of sp³-hybridized carbons (Fsp3) is 0.562. The van der Waals surface area contributed by atoms with Crippen LogP contribution in [0.2, 0.25) is 5.02 Å². The van der Waals surface area contributed by atoms with Gasteiger partial charge in [0.1, 0.15) is 5.75 Å². The fourth-order valence-electron chi connectivity index (χ4n) is 3.09. The average Bonchev–Trinajstić information content (AvgIpc) is 3.09. The van der Waals surface area contributed by atoms with Crippen molar-refractivity contribution in [1.82, 2.24) is 4.90 Å². The Morgan fingerprint density at radius 1 is 1.21 bits per heavy atom. The van der Waals surface area contributed by atoms with Gasteiger partial charge in [0.05, 0.1) is 18.1 Å². The van der Waals surface area contributed by atoms with Gasteiger partial charge in [-0.25, -0.2) is 8.42 Å². The van der Waals surface area contributed by atoms with Gasteiger partial charge >= 0.3 is 0 Å². The van der Waals surface area contributed by atoms with Crippen LogP contribution in [-0.2, 0) is 24.1 Å². The van der Waals surface area contributed by atoms with Crippen molar-refractivity contribution in [3.05, 3.63) is 29.3 Å². The Bertz CT molecular complexity index is 685. The second kappa shape index (κ2) is 7.39. The zero-order valence-corrected chi connectivity index (χ0v) is 14.8. The number of nitrogens with zero attached hydrogens (tertiary/aromatic N) is 1. The van der Waals surface area contributed by atoms with Crippen LogP contribution < -0.4 is 0 Å². The van der Waals surface area contributed by atoms with Crippen LogP contribution in [0.3, 0.4) is 0 Å². The first-order valence-electron chi connectivity index (χ1n) is 7.95. The van der Waals surface area contributed by atoms with Gasteiger partial charge in [0.2, 0.25) is 5.91 Å². The minimum atomic E-state index is -3.67. The lowest BCUT2D eigenvalue weighted by Crippen LogP contribution is -2.45. The van der Waals surface area contributed by atoms with E-state index in [4.69, 9.17) is 21.1 Å². The molecular weight excluding hydrogens is 354 g/mol. The molecule has 3 rings (SSSR count). The van der Waals surface area contributed by atoms with Crippen LogP contribution in [0.5, 0.6) is 0 Å². The minimum absolute atomic E-state index is 0.100. The molecule has 1 amide bonds. The lowest BCUT2D eigenvalue weighted by atomic mass is 9.97. The number of benzene rings is 1. The summed E-state index contributed by atoms with van der Waals surface area (Å²) in [5.41, 5.74) is 0. The number of hydrogen-bond donors (Lipinski definition) is 0. The van der Waals surface area contributed by atoms with E-state index in [2.05, 4.69) is 0 Å². The van der Waals surface area contributed by atoms with Crippen molar-refractivity contribution in [2.45, 2.75) is 24.0 Å². The van der Waals surface area contributed by atoms with Gasteiger partial charge in [-0.15, -0.1) is 0 Å². The highest BCUT2D eigenvalue weighted by Gasteiger charge is 2.34. The van der Waals surface area contributed by atoms with Gasteiger partial charge in [0, 0.05) is 24.0 Å². The second-order valence-corrected chi connectivity index (χ2v) is 8.49. The normalized spacial score (nSPS) is 22.7. The molecule has 2 fully saturated rings. The van der Waals surface area contributed by atoms with Crippen LogP contribution in [0.15, 0.2) is 29.2 Å². The van der Waals surface area contributed by atoms with Crippen molar-refractivity contribution in [2.75, 3.05) is 32.1 Å². The Balaban J connectivity index is 1.64. The van der Waals surface area contributed by atoms with Crippen molar-refractivity contribution in [3.8, 4) is 0 Å². The van der Waals surface area contributed by atoms with Gasteiger partial charge in [-0.1, -0.05) is 11.6 Å². The molecule has 8 heteroatoms. The maximum atomic E-state index is 12.5. The standard InChI is InChI=1S/C16H20ClNO5S/c17-13-3-5-14(6-4-13)24(20,21)11-15(19)18-7-1-2-12(10-18)16-22-8-9-23-16/h3-6,12,16H,1-2,7-11H2. The van der Waals surface area contributed by atoms with Crippen LogP contribution in [0.4, 0.5) is 0 Å². The van der Waals surface area contributed by atoms with Gasteiger partial charge in [-0.05, 0) is 37.1 Å². The van der Waals surface area contributed by atoms with E-state index in [-0.39, 0.29) is 23.0 Å². The molecule has 6 nitrogen and oxygen atoms in total. The lowest BCUT2D eigenvalue weighted by Gasteiger charge is -2.34. The summed E-state index contributed by atoms with van der Waals surface area (Å²) in [7, 11) is -3.67. The van der Waals surface area contributed by atoms with E-state index in [9.17, 15) is 13.2 Å². The minimum Gasteiger partial charge on any atom is -0.350 e. The number of carbonyl (C=O) groups is 1. The molecule has 0 spiro atoms. The molecule has 1 aromatic carbocycles. The number of carbonyl (C=O) groups excluding carboxylic acids is 1. The Labute approximate surface area is 146 Å². The Morgan fingerprint density at radius 2 is 1.88 bits per heavy atom. The highest BCUT2D eigenvalue weighted by molar-refractivity contribution is 7.92. The largest absolute Gasteiger partial charge is 0.350 e. The van der Waals surface area contributed by atoms with E-state index in [1.165, 1.54) is 24.3 Å². The highest BCUT2D eigenvalue weighted by atomic mass is 35.5. The molecule has 0 N–H and O–H groups in total. The average molecular weight is 374 g/mol. The molecule has 132 valence electrons. The zero-order valence-electron chi connectivity index (χ0n) is 13.2. The van der Waals surface area contributed by atoms with Crippen molar-refractivity contribution >= 4 is 27.3 Å². The molecule has 1 atom stereocenters. The van der Waals surface area contributed by atoms with Crippen LogP contribution in [0.25, 0.3) is 0 Å². The van der Waals surface area contributed by atoms with Crippen LogP contribution in [0.1, 0.15) is 12.8 Å². The predicted octanol–water partition coefficient (Wildman–Crippen LogP) is 1.73. The highest BCUT2D eigenvalue weighted by Crippen LogP contribution is 2.25. The topological polar surface area (TPSA) is 72.9 Å². The van der Waals surface area contributed by atoms with Crippen molar-refractivity contribution in [2.24, 2.45) is 5.92 Å². The third-order valence-electron chi connectivity index (χ3n) is 4.33. The number of rotatable bonds is 4. The van der Waals surface area contributed by atoms with Crippen molar-refractivity contribution in [1.29, 1.82) is 0 Å². The summed E-state index contributed by atoms with van der Waals surface area (Å²) in [5.74, 6) is -0.815. The maximum Gasteiger partial charge on any atom is 0.238 e. The van der Waals surface area contributed by atoms with E-state index in [1.807, 2.05) is 0 Å². The van der Waals surface area contributed by atoms with E-state index < -0.39 is 15.6 Å². The summed E-state index contributed by atoms with van der Waals surface area (Å²) in [6.07, 6.45) is 1.45. The molecule has 2 saturated heterocycles. The summed E-state index contributed by atoms with van der Waals surface area (Å²) in [6.45, 7) is 2.18. The molecule has 0 aliphatic carbocycles. The molecule has 2 heterocycles. The number of hydrogen-bond acceptors (Lipinski definition) is 5. The molecule has 2 aliphatic rings. The smallest absolute Gasteiger partial charge is 0.238 e. The van der Waals surface area contributed by atoms with Gasteiger partial charge in [-0.2, -0.15) is 0 Å². The zero-order chi connectivity index (χ0) is 17.2. The van der Waals surface area contributed by atoms with Gasteiger partial charge in [0.15, 0.2) is 16.1 Å². The van der Waals surface area contributed by atoms with Gasteiger partial charge < -0.3 is 14.4 Å². The first-order valence-corrected chi connectivity index (χ1v) is 9.98. The Morgan fingerprint density at radius 3 is 2.54 bits per heavy atom. The molecule has 0 bridgehead atoms. The number of likely N-dealkylation sites (tertiary alicyclic amines) is 1. The van der Waals surface area contributed by atoms with Crippen molar-refractivity contribution in [3.63, 3.8) is 0 Å². The second-order valence-electron chi connectivity index (χ2n) is 6.07. The maximum absolute atomic E-state index is 12.5. The summed E-state index contributed by atoms with van der Waals surface area (Å²) in [4.78, 5) is 14.2. The van der Waals surface area contributed by atoms with E-state index >= 15 is 0 Å². The first-order chi connectivity index (χ1) is 11.5. The molecule has 0 radical (unpaired) electrons. The summed E-state index contributed by atoms with van der Waals surface area (Å²) >= 11 is 5.77. The molecular formula is C16H20ClNO5S. The lowest BCUT2D eigenvalue weighted by molar-refractivity contribution is -0.136. The van der Waals surface area contributed by atoms with Gasteiger partial charge in [-0.3, -0.25) is 4.79 Å². The van der Waals surface area contributed by atoms with Crippen LogP contribution in [0, 0.1) is 5.92 Å². The summed E-state index contributed by atoms with van der Waals surface area (Å²) < 4.78 is 35.8. The number of halogens is 1.